The first-order valence-electron chi connectivity index (χ1n) is 5.62. The third-order valence-corrected chi connectivity index (χ3v) is 3.25. The van der Waals surface area contributed by atoms with Gasteiger partial charge in [0.1, 0.15) is 5.76 Å². The molecule has 0 unspecified atom stereocenters. The van der Waals surface area contributed by atoms with Crippen LogP contribution >= 0.6 is 11.3 Å². The zero-order chi connectivity index (χ0) is 13.0. The van der Waals surface area contributed by atoms with Crippen LogP contribution in [-0.4, -0.2) is 11.1 Å². The van der Waals surface area contributed by atoms with E-state index in [4.69, 9.17) is 4.52 Å². The zero-order valence-corrected chi connectivity index (χ0v) is 11.1. The molecule has 0 atom stereocenters. The van der Waals surface area contributed by atoms with Crippen molar-refractivity contribution in [2.45, 2.75) is 26.9 Å². The molecule has 96 valence electrons. The number of aromatic nitrogens is 1. The largest absolute Gasteiger partial charge is 0.361 e. The molecule has 2 rings (SSSR count). The smallest absolute Gasteiger partial charge is 0.221 e. The summed E-state index contributed by atoms with van der Waals surface area (Å²) >= 11 is 1.61. The van der Waals surface area contributed by atoms with Crippen LogP contribution in [0.25, 0.3) is 0 Å². The van der Waals surface area contributed by atoms with Gasteiger partial charge >= 0.3 is 0 Å². The molecule has 0 saturated carbocycles. The van der Waals surface area contributed by atoms with Gasteiger partial charge in [-0.1, -0.05) is 5.16 Å². The molecule has 0 aliphatic carbocycles. The average Bonchev–Trinajstić information content (AvgIpc) is 2.88. The lowest BCUT2D eigenvalue weighted by molar-refractivity contribution is -0.114. The number of nitrogens with one attached hydrogen (secondary N) is 2. The van der Waals surface area contributed by atoms with Crippen LogP contribution in [0, 0.1) is 6.92 Å². The highest BCUT2D eigenvalue weighted by molar-refractivity contribution is 7.10. The molecule has 0 aliphatic rings. The Morgan fingerprint density at radius 1 is 1.50 bits per heavy atom. The number of amides is 1. The van der Waals surface area contributed by atoms with Gasteiger partial charge in [0, 0.05) is 31.0 Å². The first-order chi connectivity index (χ1) is 8.65. The van der Waals surface area contributed by atoms with E-state index in [2.05, 4.69) is 15.8 Å². The Hall–Kier alpha value is -1.66. The molecule has 5 nitrogen and oxygen atoms in total. The molecule has 0 radical (unpaired) electrons. The number of anilines is 1. The molecule has 0 saturated heterocycles. The quantitative estimate of drug-likeness (QED) is 0.870. The number of thiophene rings is 1. The Labute approximate surface area is 109 Å². The van der Waals surface area contributed by atoms with Crippen LogP contribution in [0.2, 0.25) is 0 Å². The van der Waals surface area contributed by atoms with Gasteiger partial charge in [-0.15, -0.1) is 11.3 Å². The Morgan fingerprint density at radius 2 is 2.33 bits per heavy atom. The maximum Gasteiger partial charge on any atom is 0.221 e. The number of nitrogens with zero attached hydrogens (tertiary/aromatic N) is 1. The number of aryl methyl sites for hydroxylation is 1. The Bertz CT molecular complexity index is 533. The minimum Gasteiger partial charge on any atom is -0.361 e. The van der Waals surface area contributed by atoms with Crippen molar-refractivity contribution in [1.29, 1.82) is 0 Å². The summed E-state index contributed by atoms with van der Waals surface area (Å²) in [6.45, 7) is 4.71. The van der Waals surface area contributed by atoms with E-state index in [1.165, 1.54) is 6.92 Å². The molecule has 2 heterocycles. The van der Waals surface area contributed by atoms with E-state index >= 15 is 0 Å². The van der Waals surface area contributed by atoms with Gasteiger partial charge in [-0.3, -0.25) is 4.79 Å². The highest BCUT2D eigenvalue weighted by atomic mass is 32.1. The predicted molar refractivity (Wildman–Crippen MR) is 70.4 cm³/mol. The Morgan fingerprint density at radius 3 is 3.00 bits per heavy atom. The minimum atomic E-state index is -0.0539. The van der Waals surface area contributed by atoms with E-state index in [0.717, 1.165) is 22.0 Å². The molecule has 1 amide bonds. The van der Waals surface area contributed by atoms with Gasteiger partial charge in [-0.2, -0.15) is 0 Å². The normalized spacial score (nSPS) is 10.6. The highest BCUT2D eigenvalue weighted by Crippen LogP contribution is 2.22. The fourth-order valence-electron chi connectivity index (χ4n) is 1.58. The maximum atomic E-state index is 11.0. The van der Waals surface area contributed by atoms with Crippen LogP contribution in [0.1, 0.15) is 23.3 Å². The SMILES string of the molecule is CC(=O)Nc1ccsc1CNCc1cc(C)on1. The van der Waals surface area contributed by atoms with Gasteiger partial charge in [0.2, 0.25) is 5.91 Å². The molecule has 0 aliphatic heterocycles. The lowest BCUT2D eigenvalue weighted by Gasteiger charge is -2.04. The van der Waals surface area contributed by atoms with Crippen LogP contribution in [0.5, 0.6) is 0 Å². The number of rotatable bonds is 5. The number of hydrogen-bond acceptors (Lipinski definition) is 5. The summed E-state index contributed by atoms with van der Waals surface area (Å²) in [6, 6.07) is 3.81. The van der Waals surface area contributed by atoms with Crippen molar-refractivity contribution >= 4 is 22.9 Å². The molecular weight excluding hydrogens is 250 g/mol. The van der Waals surface area contributed by atoms with Crippen molar-refractivity contribution in [3.8, 4) is 0 Å². The standard InChI is InChI=1S/C12H15N3O2S/c1-8-5-10(15-17-8)6-13-7-12-11(3-4-18-12)14-9(2)16/h3-5,13H,6-7H2,1-2H3,(H,14,16). The van der Waals surface area contributed by atoms with E-state index in [-0.39, 0.29) is 5.91 Å². The summed E-state index contributed by atoms with van der Waals surface area (Å²) in [4.78, 5) is 12.1. The molecule has 0 spiro atoms. The molecule has 2 N–H and O–H groups in total. The predicted octanol–water partition coefficient (Wildman–Crippen LogP) is 2.29. The third-order valence-electron chi connectivity index (χ3n) is 2.32. The average molecular weight is 265 g/mol. The second kappa shape index (κ2) is 5.79. The van der Waals surface area contributed by atoms with Crippen molar-refractivity contribution < 1.29 is 9.32 Å². The van der Waals surface area contributed by atoms with Gasteiger partial charge in [-0.25, -0.2) is 0 Å². The van der Waals surface area contributed by atoms with Crippen molar-refractivity contribution in [1.82, 2.24) is 10.5 Å². The number of carbonyl (C=O) groups is 1. The molecule has 18 heavy (non-hydrogen) atoms. The molecular formula is C12H15N3O2S. The summed E-state index contributed by atoms with van der Waals surface area (Å²) in [5.41, 5.74) is 1.75. The van der Waals surface area contributed by atoms with Gasteiger partial charge in [0.25, 0.3) is 0 Å². The molecule has 2 aromatic heterocycles. The summed E-state index contributed by atoms with van der Waals surface area (Å²) in [5.74, 6) is 0.753. The van der Waals surface area contributed by atoms with E-state index in [9.17, 15) is 4.79 Å². The number of carbonyl (C=O) groups excluding carboxylic acids is 1. The van der Waals surface area contributed by atoms with Crippen LogP contribution in [0.4, 0.5) is 5.69 Å². The second-order valence-corrected chi connectivity index (χ2v) is 4.97. The summed E-state index contributed by atoms with van der Waals surface area (Å²) < 4.78 is 4.98. The van der Waals surface area contributed by atoms with Crippen LogP contribution < -0.4 is 10.6 Å². The van der Waals surface area contributed by atoms with Crippen LogP contribution in [0.15, 0.2) is 22.0 Å². The van der Waals surface area contributed by atoms with Crippen LogP contribution in [-0.2, 0) is 17.9 Å². The highest BCUT2D eigenvalue weighted by Gasteiger charge is 2.06. The van der Waals surface area contributed by atoms with E-state index in [0.29, 0.717) is 13.1 Å². The summed E-state index contributed by atoms with van der Waals surface area (Å²) in [7, 11) is 0. The van der Waals surface area contributed by atoms with Crippen molar-refractivity contribution in [2.24, 2.45) is 0 Å². The third kappa shape index (κ3) is 3.41. The van der Waals surface area contributed by atoms with E-state index in [1.54, 1.807) is 11.3 Å². The summed E-state index contributed by atoms with van der Waals surface area (Å²) in [5, 5.41) is 11.9. The van der Waals surface area contributed by atoms with Gasteiger partial charge in [-0.05, 0) is 18.4 Å². The van der Waals surface area contributed by atoms with Gasteiger partial charge < -0.3 is 15.2 Å². The lowest BCUT2D eigenvalue weighted by atomic mass is 10.3. The van der Waals surface area contributed by atoms with Gasteiger partial charge in [0.15, 0.2) is 0 Å². The maximum absolute atomic E-state index is 11.0. The fourth-order valence-corrected chi connectivity index (χ4v) is 2.38. The molecule has 0 aromatic carbocycles. The Balaban J connectivity index is 1.86. The molecule has 2 aromatic rings. The fraction of sp³-hybridized carbons (Fsp3) is 0.333. The molecule has 0 bridgehead atoms. The second-order valence-electron chi connectivity index (χ2n) is 3.97. The molecule has 0 fully saturated rings. The van der Waals surface area contributed by atoms with Gasteiger partial charge in [0.05, 0.1) is 11.4 Å². The first-order valence-corrected chi connectivity index (χ1v) is 6.50. The Kier molecular flexibility index (Phi) is 4.11. The topological polar surface area (TPSA) is 67.2 Å². The van der Waals surface area contributed by atoms with Crippen LogP contribution in [0.3, 0.4) is 0 Å². The number of hydrogen-bond donors (Lipinski definition) is 2. The summed E-state index contributed by atoms with van der Waals surface area (Å²) in [6.07, 6.45) is 0. The van der Waals surface area contributed by atoms with E-state index in [1.807, 2.05) is 24.4 Å². The molecule has 6 heteroatoms. The monoisotopic (exact) mass is 265 g/mol. The van der Waals surface area contributed by atoms with Crippen molar-refractivity contribution in [3.05, 3.63) is 33.8 Å². The lowest BCUT2D eigenvalue weighted by Crippen LogP contribution is -2.14. The first kappa shape index (κ1) is 12.8. The van der Waals surface area contributed by atoms with E-state index < -0.39 is 0 Å². The van der Waals surface area contributed by atoms with Crippen molar-refractivity contribution in [3.63, 3.8) is 0 Å². The zero-order valence-electron chi connectivity index (χ0n) is 10.3. The van der Waals surface area contributed by atoms with Crippen molar-refractivity contribution in [2.75, 3.05) is 5.32 Å². The minimum absolute atomic E-state index is 0.0539.